The lowest BCUT2D eigenvalue weighted by Crippen LogP contribution is -1.95. The zero-order valence-corrected chi connectivity index (χ0v) is 9.64. The van der Waals surface area contributed by atoms with Crippen molar-refractivity contribution in [3.8, 4) is 0 Å². The number of hydrogen-bond acceptors (Lipinski definition) is 1. The van der Waals surface area contributed by atoms with Crippen molar-refractivity contribution in [2.75, 3.05) is 0 Å². The molecule has 78 valence electrons. The maximum absolute atomic E-state index is 4.48. The highest BCUT2D eigenvalue weighted by molar-refractivity contribution is 5.23. The van der Waals surface area contributed by atoms with E-state index >= 15 is 0 Å². The van der Waals surface area contributed by atoms with Crippen molar-refractivity contribution in [3.05, 3.63) is 29.1 Å². The molecule has 0 spiro atoms. The monoisotopic (exact) mass is 191 g/mol. The Labute approximate surface area is 87.6 Å². The van der Waals surface area contributed by atoms with Gasteiger partial charge in [-0.3, -0.25) is 4.98 Å². The molecule has 0 saturated heterocycles. The molecule has 14 heavy (non-hydrogen) atoms. The van der Waals surface area contributed by atoms with Gasteiger partial charge in [-0.05, 0) is 37.8 Å². The van der Waals surface area contributed by atoms with Crippen LogP contribution in [0.4, 0.5) is 0 Å². The van der Waals surface area contributed by atoms with Crippen molar-refractivity contribution in [1.82, 2.24) is 4.98 Å². The van der Waals surface area contributed by atoms with E-state index in [0.717, 1.165) is 6.42 Å². The van der Waals surface area contributed by atoms with E-state index in [1.54, 1.807) is 0 Å². The minimum Gasteiger partial charge on any atom is -0.261 e. The third-order valence-corrected chi connectivity index (χ3v) is 2.59. The van der Waals surface area contributed by atoms with Crippen LogP contribution in [-0.2, 0) is 6.42 Å². The summed E-state index contributed by atoms with van der Waals surface area (Å²) >= 11 is 0. The van der Waals surface area contributed by atoms with Gasteiger partial charge in [-0.1, -0.05) is 32.3 Å². The molecule has 0 fully saturated rings. The average molecular weight is 191 g/mol. The molecule has 0 atom stereocenters. The van der Waals surface area contributed by atoms with Gasteiger partial charge < -0.3 is 0 Å². The van der Waals surface area contributed by atoms with Gasteiger partial charge >= 0.3 is 0 Å². The first-order chi connectivity index (χ1) is 6.74. The Morgan fingerprint density at radius 3 is 2.57 bits per heavy atom. The minimum atomic E-state index is 1.14. The molecule has 0 aliphatic rings. The standard InChI is InChI=1S/C13H21N/c1-4-5-6-7-8-13-12(3)9-11(2)10-14-13/h9-10H,4-8H2,1-3H3. The first-order valence-corrected chi connectivity index (χ1v) is 5.66. The van der Waals surface area contributed by atoms with Crippen LogP contribution >= 0.6 is 0 Å². The molecule has 1 rings (SSSR count). The van der Waals surface area contributed by atoms with Crippen LogP contribution in [0.5, 0.6) is 0 Å². The molecule has 0 amide bonds. The van der Waals surface area contributed by atoms with Crippen LogP contribution in [0.1, 0.15) is 49.4 Å². The summed E-state index contributed by atoms with van der Waals surface area (Å²) in [5.74, 6) is 0. The molecule has 1 aromatic heterocycles. The number of pyridine rings is 1. The molecule has 0 bridgehead atoms. The maximum Gasteiger partial charge on any atom is 0.0432 e. The fraction of sp³-hybridized carbons (Fsp3) is 0.615. The van der Waals surface area contributed by atoms with Gasteiger partial charge in [-0.2, -0.15) is 0 Å². The number of unbranched alkanes of at least 4 members (excludes halogenated alkanes) is 3. The molecule has 0 aliphatic carbocycles. The van der Waals surface area contributed by atoms with E-state index in [2.05, 4.69) is 31.8 Å². The smallest absolute Gasteiger partial charge is 0.0432 e. The number of aryl methyl sites for hydroxylation is 3. The van der Waals surface area contributed by atoms with Crippen molar-refractivity contribution < 1.29 is 0 Å². The molecular formula is C13H21N. The van der Waals surface area contributed by atoms with Crippen LogP contribution in [0.3, 0.4) is 0 Å². The summed E-state index contributed by atoms with van der Waals surface area (Å²) in [5.41, 5.74) is 3.90. The summed E-state index contributed by atoms with van der Waals surface area (Å²) in [7, 11) is 0. The summed E-state index contributed by atoms with van der Waals surface area (Å²) in [4.78, 5) is 4.48. The van der Waals surface area contributed by atoms with Gasteiger partial charge in [0.05, 0.1) is 0 Å². The van der Waals surface area contributed by atoms with Crippen LogP contribution in [0, 0.1) is 13.8 Å². The van der Waals surface area contributed by atoms with Crippen LogP contribution in [0.2, 0.25) is 0 Å². The fourth-order valence-corrected chi connectivity index (χ4v) is 1.72. The van der Waals surface area contributed by atoms with Crippen molar-refractivity contribution >= 4 is 0 Å². The highest BCUT2D eigenvalue weighted by Crippen LogP contribution is 2.11. The average Bonchev–Trinajstić information content (AvgIpc) is 2.15. The summed E-state index contributed by atoms with van der Waals surface area (Å²) in [6.45, 7) is 6.51. The predicted octanol–water partition coefficient (Wildman–Crippen LogP) is 3.82. The van der Waals surface area contributed by atoms with Gasteiger partial charge in [0, 0.05) is 11.9 Å². The number of hydrogen-bond donors (Lipinski definition) is 0. The summed E-state index contributed by atoms with van der Waals surface area (Å²) < 4.78 is 0. The highest BCUT2D eigenvalue weighted by atomic mass is 14.7. The van der Waals surface area contributed by atoms with Crippen molar-refractivity contribution in [2.45, 2.75) is 52.9 Å². The van der Waals surface area contributed by atoms with E-state index in [1.165, 1.54) is 42.5 Å². The molecule has 1 heterocycles. The predicted molar refractivity (Wildman–Crippen MR) is 61.6 cm³/mol. The molecule has 1 nitrogen and oxygen atoms in total. The van der Waals surface area contributed by atoms with Crippen LogP contribution in [0.15, 0.2) is 12.3 Å². The molecule has 1 aromatic rings. The van der Waals surface area contributed by atoms with E-state index in [0.29, 0.717) is 0 Å². The minimum absolute atomic E-state index is 1.14. The second-order valence-electron chi connectivity index (χ2n) is 4.09. The lowest BCUT2D eigenvalue weighted by atomic mass is 10.1. The molecule has 0 unspecified atom stereocenters. The second kappa shape index (κ2) is 5.79. The first kappa shape index (κ1) is 11.2. The third kappa shape index (κ3) is 3.49. The maximum atomic E-state index is 4.48. The molecule has 1 heteroatoms. The van der Waals surface area contributed by atoms with Crippen LogP contribution in [-0.4, -0.2) is 4.98 Å². The van der Waals surface area contributed by atoms with Crippen LogP contribution in [0.25, 0.3) is 0 Å². The topological polar surface area (TPSA) is 12.9 Å². The Balaban J connectivity index is 2.42. The zero-order chi connectivity index (χ0) is 10.4. The Bertz CT molecular complexity index is 279. The lowest BCUT2D eigenvalue weighted by Gasteiger charge is -2.05. The van der Waals surface area contributed by atoms with E-state index in [9.17, 15) is 0 Å². The molecule has 0 radical (unpaired) electrons. The summed E-state index contributed by atoms with van der Waals surface area (Å²) in [6.07, 6.45) is 8.40. The zero-order valence-electron chi connectivity index (χ0n) is 9.64. The van der Waals surface area contributed by atoms with Gasteiger partial charge in [-0.15, -0.1) is 0 Å². The Hall–Kier alpha value is -0.850. The van der Waals surface area contributed by atoms with Gasteiger partial charge in [-0.25, -0.2) is 0 Å². The largest absolute Gasteiger partial charge is 0.261 e. The quantitative estimate of drug-likeness (QED) is 0.645. The highest BCUT2D eigenvalue weighted by Gasteiger charge is 1.99. The SMILES string of the molecule is CCCCCCc1ncc(C)cc1C. The molecule has 0 aliphatic heterocycles. The van der Waals surface area contributed by atoms with Gasteiger partial charge in [0.2, 0.25) is 0 Å². The second-order valence-corrected chi connectivity index (χ2v) is 4.09. The molecular weight excluding hydrogens is 170 g/mol. The van der Waals surface area contributed by atoms with E-state index < -0.39 is 0 Å². The summed E-state index contributed by atoms with van der Waals surface area (Å²) in [5, 5.41) is 0. The fourth-order valence-electron chi connectivity index (χ4n) is 1.72. The van der Waals surface area contributed by atoms with E-state index in [4.69, 9.17) is 0 Å². The first-order valence-electron chi connectivity index (χ1n) is 5.66. The Morgan fingerprint density at radius 1 is 1.14 bits per heavy atom. The van der Waals surface area contributed by atoms with E-state index in [-0.39, 0.29) is 0 Å². The number of rotatable bonds is 5. The molecule has 0 N–H and O–H groups in total. The normalized spacial score (nSPS) is 10.5. The van der Waals surface area contributed by atoms with Crippen molar-refractivity contribution in [2.24, 2.45) is 0 Å². The van der Waals surface area contributed by atoms with Crippen LogP contribution < -0.4 is 0 Å². The van der Waals surface area contributed by atoms with Crippen molar-refractivity contribution in [1.29, 1.82) is 0 Å². The number of nitrogens with zero attached hydrogens (tertiary/aromatic N) is 1. The molecule has 0 saturated carbocycles. The lowest BCUT2D eigenvalue weighted by molar-refractivity contribution is 0.659. The Kier molecular flexibility index (Phi) is 4.64. The summed E-state index contributed by atoms with van der Waals surface area (Å²) in [6, 6.07) is 2.22. The molecule has 0 aromatic carbocycles. The van der Waals surface area contributed by atoms with Gasteiger partial charge in [0.15, 0.2) is 0 Å². The van der Waals surface area contributed by atoms with Crippen molar-refractivity contribution in [3.63, 3.8) is 0 Å². The number of aromatic nitrogens is 1. The Morgan fingerprint density at radius 2 is 1.93 bits per heavy atom. The van der Waals surface area contributed by atoms with Gasteiger partial charge in [0.1, 0.15) is 0 Å². The third-order valence-electron chi connectivity index (χ3n) is 2.59. The van der Waals surface area contributed by atoms with Gasteiger partial charge in [0.25, 0.3) is 0 Å². The van der Waals surface area contributed by atoms with E-state index in [1.807, 2.05) is 6.20 Å².